The summed E-state index contributed by atoms with van der Waals surface area (Å²) in [5, 5.41) is 0.736. The van der Waals surface area contributed by atoms with Gasteiger partial charge in [0.05, 0.1) is 30.6 Å². The topological polar surface area (TPSA) is 107 Å². The van der Waals surface area contributed by atoms with Crippen molar-refractivity contribution in [3.05, 3.63) is 63.5 Å². The molecule has 0 atom stereocenters. The molecule has 0 aliphatic carbocycles. The van der Waals surface area contributed by atoms with E-state index < -0.39 is 17.3 Å². The van der Waals surface area contributed by atoms with Crippen LogP contribution in [-0.4, -0.2) is 32.9 Å². The molecule has 0 aliphatic heterocycles. The summed E-state index contributed by atoms with van der Waals surface area (Å²) in [7, 11) is 0. The van der Waals surface area contributed by atoms with E-state index in [4.69, 9.17) is 9.15 Å². The number of hydrogen-bond donors (Lipinski definition) is 1. The average molecular weight is 393 g/mol. The highest BCUT2D eigenvalue weighted by Crippen LogP contribution is 2.24. The molecular weight excluding hydrogens is 374 g/mol. The van der Waals surface area contributed by atoms with Gasteiger partial charge in [0.1, 0.15) is 11.1 Å². The van der Waals surface area contributed by atoms with Gasteiger partial charge in [-0.1, -0.05) is 12.1 Å². The molecule has 0 saturated carbocycles. The number of ketones is 1. The van der Waals surface area contributed by atoms with Crippen LogP contribution in [0.4, 0.5) is 0 Å². The average Bonchev–Trinajstić information content (AvgIpc) is 3.21. The molecule has 1 aromatic carbocycles. The van der Waals surface area contributed by atoms with Gasteiger partial charge < -0.3 is 14.1 Å². The molecule has 3 heterocycles. The number of para-hydroxylation sites is 1. The number of aromatic amines is 1. The Morgan fingerprint density at radius 1 is 1.17 bits per heavy atom. The zero-order valence-electron chi connectivity index (χ0n) is 16.2. The molecule has 8 heteroatoms. The standard InChI is InChI=1S/C21H19N3O5/c1-4-28-21(27)17-12(3)23-11(2)16(17)14(25)9-24-10-22-18-13-7-5-6-8-15(13)29-19(18)20(24)26/h5-8,10,23H,4,9H2,1-3H3. The van der Waals surface area contributed by atoms with Gasteiger partial charge >= 0.3 is 5.97 Å². The summed E-state index contributed by atoms with van der Waals surface area (Å²) in [5.74, 6) is -0.967. The number of nitrogens with zero attached hydrogens (tertiary/aromatic N) is 2. The Bertz CT molecular complexity index is 1330. The zero-order chi connectivity index (χ0) is 20.7. The maximum atomic E-state index is 13.0. The molecule has 0 amide bonds. The van der Waals surface area contributed by atoms with Crippen LogP contribution in [0.3, 0.4) is 0 Å². The van der Waals surface area contributed by atoms with E-state index in [0.717, 1.165) is 5.39 Å². The number of aryl methyl sites for hydroxylation is 2. The highest BCUT2D eigenvalue weighted by molar-refractivity contribution is 6.08. The number of carbonyl (C=O) groups is 2. The van der Waals surface area contributed by atoms with Crippen LogP contribution in [0.1, 0.15) is 39.0 Å². The predicted octanol–water partition coefficient (Wildman–Crippen LogP) is 3.15. The lowest BCUT2D eigenvalue weighted by Crippen LogP contribution is -2.25. The molecule has 0 fully saturated rings. The Morgan fingerprint density at radius 2 is 1.90 bits per heavy atom. The van der Waals surface area contributed by atoms with Gasteiger partial charge in [0, 0.05) is 16.8 Å². The van der Waals surface area contributed by atoms with E-state index in [1.54, 1.807) is 32.9 Å². The molecule has 148 valence electrons. The summed E-state index contributed by atoms with van der Waals surface area (Å²) < 4.78 is 11.9. The summed E-state index contributed by atoms with van der Waals surface area (Å²) in [6.45, 7) is 5.02. The molecule has 29 heavy (non-hydrogen) atoms. The van der Waals surface area contributed by atoms with E-state index in [0.29, 0.717) is 22.5 Å². The predicted molar refractivity (Wildman–Crippen MR) is 106 cm³/mol. The molecule has 0 aliphatic rings. The van der Waals surface area contributed by atoms with E-state index >= 15 is 0 Å². The highest BCUT2D eigenvalue weighted by atomic mass is 16.5. The lowest BCUT2D eigenvalue weighted by molar-refractivity contribution is 0.0522. The summed E-state index contributed by atoms with van der Waals surface area (Å²) in [6.07, 6.45) is 1.32. The number of fused-ring (bicyclic) bond motifs is 3. The number of Topliss-reactive ketones (excluding diaryl/α,β-unsaturated/α-hetero) is 1. The number of furan rings is 1. The summed E-state index contributed by atoms with van der Waals surface area (Å²) in [6, 6.07) is 7.22. The second-order valence-corrected chi connectivity index (χ2v) is 6.72. The number of carbonyl (C=O) groups excluding carboxylic acids is 2. The number of H-pyrrole nitrogens is 1. The third kappa shape index (κ3) is 3.02. The normalized spacial score (nSPS) is 11.3. The first kappa shape index (κ1) is 18.7. The molecule has 1 N–H and O–H groups in total. The molecule has 3 aromatic heterocycles. The maximum Gasteiger partial charge on any atom is 0.340 e. The molecule has 8 nitrogen and oxygen atoms in total. The van der Waals surface area contributed by atoms with Gasteiger partial charge in [-0.25, -0.2) is 9.78 Å². The second-order valence-electron chi connectivity index (χ2n) is 6.72. The van der Waals surface area contributed by atoms with Crippen molar-refractivity contribution in [3.8, 4) is 0 Å². The van der Waals surface area contributed by atoms with Crippen molar-refractivity contribution < 1.29 is 18.7 Å². The van der Waals surface area contributed by atoms with Gasteiger partial charge in [-0.15, -0.1) is 0 Å². The Kier molecular flexibility index (Phi) is 4.54. The number of rotatable bonds is 5. The molecular formula is C21H19N3O5. The number of esters is 1. The quantitative estimate of drug-likeness (QED) is 0.412. The number of hydrogen-bond acceptors (Lipinski definition) is 6. The van der Waals surface area contributed by atoms with Gasteiger partial charge in [0.2, 0.25) is 5.58 Å². The van der Waals surface area contributed by atoms with Crippen molar-refractivity contribution in [2.24, 2.45) is 0 Å². The van der Waals surface area contributed by atoms with Crippen LogP contribution < -0.4 is 5.56 Å². The van der Waals surface area contributed by atoms with Crippen molar-refractivity contribution in [3.63, 3.8) is 0 Å². The Morgan fingerprint density at radius 3 is 2.66 bits per heavy atom. The number of benzene rings is 1. The van der Waals surface area contributed by atoms with Crippen molar-refractivity contribution in [2.75, 3.05) is 6.61 Å². The van der Waals surface area contributed by atoms with E-state index in [-0.39, 0.29) is 29.9 Å². The van der Waals surface area contributed by atoms with Crippen LogP contribution in [0.5, 0.6) is 0 Å². The second kappa shape index (κ2) is 7.05. The monoisotopic (exact) mass is 393 g/mol. The van der Waals surface area contributed by atoms with Crippen LogP contribution in [0.15, 0.2) is 39.8 Å². The largest absolute Gasteiger partial charge is 0.462 e. The fourth-order valence-corrected chi connectivity index (χ4v) is 3.55. The van der Waals surface area contributed by atoms with Crippen LogP contribution >= 0.6 is 0 Å². The first-order chi connectivity index (χ1) is 13.9. The van der Waals surface area contributed by atoms with Gasteiger partial charge in [-0.05, 0) is 32.9 Å². The van der Waals surface area contributed by atoms with Crippen molar-refractivity contribution in [1.29, 1.82) is 0 Å². The van der Waals surface area contributed by atoms with Crippen molar-refractivity contribution in [2.45, 2.75) is 27.3 Å². The smallest absolute Gasteiger partial charge is 0.340 e. The van der Waals surface area contributed by atoms with E-state index in [9.17, 15) is 14.4 Å². The summed E-state index contributed by atoms with van der Waals surface area (Å²) >= 11 is 0. The lowest BCUT2D eigenvalue weighted by Gasteiger charge is -2.07. The molecule has 0 radical (unpaired) electrons. The van der Waals surface area contributed by atoms with E-state index in [1.807, 2.05) is 12.1 Å². The third-order valence-corrected chi connectivity index (χ3v) is 4.80. The van der Waals surface area contributed by atoms with Crippen molar-refractivity contribution in [1.82, 2.24) is 14.5 Å². The molecule has 0 saturated heterocycles. The van der Waals surface area contributed by atoms with Crippen LogP contribution in [-0.2, 0) is 11.3 Å². The fourth-order valence-electron chi connectivity index (χ4n) is 3.55. The number of aromatic nitrogens is 3. The molecule has 4 aromatic rings. The minimum Gasteiger partial charge on any atom is -0.462 e. The molecule has 0 spiro atoms. The zero-order valence-corrected chi connectivity index (χ0v) is 16.2. The maximum absolute atomic E-state index is 13.0. The third-order valence-electron chi connectivity index (χ3n) is 4.80. The SMILES string of the molecule is CCOC(=O)c1c(C)[nH]c(C)c1C(=O)Cn1cnc2c(oc3ccccc32)c1=O. The molecule has 4 rings (SSSR count). The van der Waals surface area contributed by atoms with Crippen LogP contribution in [0.2, 0.25) is 0 Å². The fraction of sp³-hybridized carbons (Fsp3) is 0.238. The van der Waals surface area contributed by atoms with Gasteiger partial charge in [0.15, 0.2) is 5.78 Å². The minimum atomic E-state index is -0.573. The van der Waals surface area contributed by atoms with Crippen LogP contribution in [0, 0.1) is 13.8 Å². The molecule has 0 unspecified atom stereocenters. The first-order valence-corrected chi connectivity index (χ1v) is 9.18. The molecule has 0 bridgehead atoms. The van der Waals surface area contributed by atoms with E-state index in [2.05, 4.69) is 9.97 Å². The van der Waals surface area contributed by atoms with Gasteiger partial charge in [0.25, 0.3) is 5.56 Å². The van der Waals surface area contributed by atoms with Crippen LogP contribution in [0.25, 0.3) is 22.1 Å². The highest BCUT2D eigenvalue weighted by Gasteiger charge is 2.26. The van der Waals surface area contributed by atoms with Crippen molar-refractivity contribution >= 4 is 33.8 Å². The Hall–Kier alpha value is -3.68. The lowest BCUT2D eigenvalue weighted by atomic mass is 10.0. The van der Waals surface area contributed by atoms with Gasteiger partial charge in [-0.2, -0.15) is 0 Å². The van der Waals surface area contributed by atoms with E-state index in [1.165, 1.54) is 10.9 Å². The summed E-state index contributed by atoms with van der Waals surface area (Å²) in [4.78, 5) is 45.5. The number of ether oxygens (including phenoxy) is 1. The Balaban J connectivity index is 1.75. The minimum absolute atomic E-state index is 0.0917. The van der Waals surface area contributed by atoms with Gasteiger partial charge in [-0.3, -0.25) is 14.2 Å². The Labute approximate surface area is 165 Å². The number of nitrogens with one attached hydrogen (secondary N) is 1. The summed E-state index contributed by atoms with van der Waals surface area (Å²) in [5.41, 5.74) is 2.14. The first-order valence-electron chi connectivity index (χ1n) is 9.18.